The van der Waals surface area contributed by atoms with Crippen molar-refractivity contribution in [3.8, 4) is 44.9 Å². The number of Topliss-reactive ketones (excluding diaryl/α,β-unsaturated/α-hetero) is 1. The van der Waals surface area contributed by atoms with Gasteiger partial charge in [0.05, 0.1) is 24.3 Å². The summed E-state index contributed by atoms with van der Waals surface area (Å²) in [6, 6.07) is 38.4. The highest BCUT2D eigenvalue weighted by Gasteiger charge is 2.41. The Bertz CT molecular complexity index is 3920. The molecule has 548 valence electrons. The zero-order valence-corrected chi connectivity index (χ0v) is 66.2. The lowest BCUT2D eigenvalue weighted by Gasteiger charge is -2.28. The predicted octanol–water partition coefficient (Wildman–Crippen LogP) is 10.1. The van der Waals surface area contributed by atoms with E-state index in [1.807, 2.05) is 97.0 Å². The third kappa shape index (κ3) is 22.1. The molecule has 4 aromatic carbocycles. The Morgan fingerprint density at radius 1 is 0.500 bits per heavy atom. The summed E-state index contributed by atoms with van der Waals surface area (Å²) in [5.41, 5.74) is 12.9. The Morgan fingerprint density at radius 3 is 1.55 bits per heavy atom. The van der Waals surface area contributed by atoms with Crippen LogP contribution in [0.5, 0.6) is 0 Å². The fraction of sp³-hybridized carbons (Fsp3) is 0.481. The van der Waals surface area contributed by atoms with Crippen LogP contribution in [0.15, 0.2) is 118 Å². The van der Waals surface area contributed by atoms with Crippen LogP contribution in [-0.2, 0) is 36.1 Å². The highest BCUT2D eigenvalue weighted by atomic mass is 35.5. The van der Waals surface area contributed by atoms with E-state index >= 15 is 0 Å². The number of carbonyl (C=O) groups is 3. The van der Waals surface area contributed by atoms with Gasteiger partial charge in [-0.05, 0) is 196 Å². The molecule has 0 unspecified atom stereocenters. The summed E-state index contributed by atoms with van der Waals surface area (Å²) in [5.74, 6) is 1.39. The fourth-order valence-electron chi connectivity index (χ4n) is 12.8. The average molecular weight is 1450 g/mol. The molecule has 0 spiro atoms. The molecule has 2 aliphatic heterocycles. The molecule has 0 saturated carbocycles. The van der Waals surface area contributed by atoms with Crippen molar-refractivity contribution in [2.75, 3.05) is 109 Å². The van der Waals surface area contributed by atoms with Gasteiger partial charge in [0.1, 0.15) is 54.6 Å². The quantitative estimate of drug-likeness (QED) is 0.0126. The molecule has 0 bridgehead atoms. The fourth-order valence-corrected chi connectivity index (χ4v) is 18.1. The number of anilines is 2. The second-order valence-corrected chi connectivity index (χ2v) is 29.2. The van der Waals surface area contributed by atoms with Crippen LogP contribution >= 0.6 is 0 Å². The zero-order chi connectivity index (χ0) is 71.4. The van der Waals surface area contributed by atoms with E-state index in [4.69, 9.17) is 40.1 Å². The standard InChI is InChI=1S/C37H51N3O5Si.C30H34N2O3.C12H26O4Si.2ClH/c1-8-39(9-2)28-20-22-32-34(26-28)45-35-27-29(40(10-3)11-4)21-23-33(35)36(32)30-18-15-16-19-31(30)37(41)38-24-17-25-46(42-12-5,43-13-6)44-14-7;1-7-31-25-17-27-23(15-19(25)5)29(21-13-11-12-14-22(21)30(33)34-10-4)24-16-20(6)26(18-28(24)35-27)32(8-2)9-3;1-5-14-17(15-6-2,16-7-3)11-9-8-10-12(4)13;;/h15-16,18-23,26-27H,8-14,17,24-25H2,1-7H3;11-18H,7-10H2,1-6H3;5-11H2,1-4H3;2*1H. The van der Waals surface area contributed by atoms with Gasteiger partial charge < -0.3 is 85.3 Å². The maximum absolute atomic E-state index is 13.8. The lowest BCUT2D eigenvalue weighted by Crippen LogP contribution is -3.00. The number of fused-ring (bicyclic) bond motifs is 4. The third-order valence-electron chi connectivity index (χ3n) is 17.3. The molecule has 4 aromatic rings. The van der Waals surface area contributed by atoms with Crippen molar-refractivity contribution in [3.05, 3.63) is 142 Å². The number of rotatable bonds is 35. The first-order chi connectivity index (χ1) is 47.4. The molecule has 2 heterocycles. The monoisotopic (exact) mass is 1450 g/mol. The predicted molar refractivity (Wildman–Crippen MR) is 405 cm³/mol. The van der Waals surface area contributed by atoms with Crippen LogP contribution < -0.4 is 60.2 Å². The normalized spacial score (nSPS) is 11.3. The first kappa shape index (κ1) is 85.7. The minimum absolute atomic E-state index is 0. The van der Waals surface area contributed by atoms with Crippen molar-refractivity contribution < 1.29 is 79.3 Å². The van der Waals surface area contributed by atoms with E-state index in [9.17, 15) is 14.4 Å². The number of aryl methyl sites for hydroxylation is 2. The van der Waals surface area contributed by atoms with Crippen molar-refractivity contribution in [3.63, 3.8) is 0 Å². The van der Waals surface area contributed by atoms with E-state index in [0.29, 0.717) is 82.8 Å². The van der Waals surface area contributed by atoms with E-state index in [-0.39, 0.29) is 42.5 Å². The largest absolute Gasteiger partial charge is 1.00 e. The Morgan fingerprint density at radius 2 is 1.02 bits per heavy atom. The maximum atomic E-state index is 13.8. The van der Waals surface area contributed by atoms with Crippen molar-refractivity contribution in [1.29, 1.82) is 0 Å². The molecule has 17 nitrogen and oxygen atoms in total. The molecule has 4 aliphatic rings. The third-order valence-corrected chi connectivity index (χ3v) is 23.6. The second kappa shape index (κ2) is 43.3. The number of ether oxygens (including phenoxy) is 1. The van der Waals surface area contributed by atoms with Gasteiger partial charge in [0, 0.05) is 158 Å². The summed E-state index contributed by atoms with van der Waals surface area (Å²) in [5, 5.41) is 10.8. The number of esters is 1. The van der Waals surface area contributed by atoms with E-state index < -0.39 is 17.6 Å². The van der Waals surface area contributed by atoms with Crippen LogP contribution in [0, 0.1) is 13.8 Å². The number of halogens is 2. The molecule has 0 aromatic heterocycles. The van der Waals surface area contributed by atoms with Gasteiger partial charge in [-0.2, -0.15) is 0 Å². The molecule has 8 rings (SSSR count). The molecule has 1 amide bonds. The molecule has 100 heavy (non-hydrogen) atoms. The average Bonchev–Trinajstić information content (AvgIpc) is 0.765. The van der Waals surface area contributed by atoms with E-state index in [0.717, 1.165) is 159 Å². The molecule has 2 aliphatic carbocycles. The molecule has 0 saturated heterocycles. The Labute approximate surface area is 610 Å². The molecule has 0 radical (unpaired) electrons. The van der Waals surface area contributed by atoms with Crippen molar-refractivity contribution in [1.82, 2.24) is 14.5 Å². The maximum Gasteiger partial charge on any atom is 0.500 e. The Balaban J connectivity index is 0.000000347. The Kier molecular flexibility index (Phi) is 37.1. The minimum atomic E-state index is -2.78. The van der Waals surface area contributed by atoms with Crippen LogP contribution in [-0.4, -0.2) is 134 Å². The van der Waals surface area contributed by atoms with Gasteiger partial charge in [-0.15, -0.1) is 0 Å². The lowest BCUT2D eigenvalue weighted by atomic mass is 9.89. The van der Waals surface area contributed by atoms with E-state index in [2.05, 4.69) is 148 Å². The van der Waals surface area contributed by atoms with Crippen LogP contribution in [0.4, 0.5) is 11.4 Å². The van der Waals surface area contributed by atoms with Gasteiger partial charge in [0.15, 0.2) is 0 Å². The first-order valence-electron chi connectivity index (χ1n) is 36.1. The second-order valence-electron chi connectivity index (χ2n) is 23.7. The zero-order valence-electron chi connectivity index (χ0n) is 62.7. The summed E-state index contributed by atoms with van der Waals surface area (Å²) >= 11 is 0. The van der Waals surface area contributed by atoms with Crippen LogP contribution in [0.2, 0.25) is 12.1 Å². The van der Waals surface area contributed by atoms with Gasteiger partial charge in [-0.3, -0.25) is 4.79 Å². The summed E-state index contributed by atoms with van der Waals surface area (Å²) in [7, 11) is -5.26. The highest BCUT2D eigenvalue weighted by molar-refractivity contribution is 6.61. The number of hydrogen-bond donors (Lipinski definition) is 2. The van der Waals surface area contributed by atoms with Gasteiger partial charge in [0.25, 0.3) is 5.91 Å². The summed E-state index contributed by atoms with van der Waals surface area (Å²) in [6.07, 6.45) is 3.14. The number of nitrogens with one attached hydrogen (secondary N) is 2. The molecular weight excluding hydrogens is 1340 g/mol. The van der Waals surface area contributed by atoms with Gasteiger partial charge in [-0.25, -0.2) is 13.9 Å². The summed E-state index contributed by atoms with van der Waals surface area (Å²) < 4.78 is 58.5. The minimum Gasteiger partial charge on any atom is -1.00 e. The van der Waals surface area contributed by atoms with Crippen molar-refractivity contribution in [2.45, 2.75) is 155 Å². The first-order valence-corrected chi connectivity index (χ1v) is 39.9. The van der Waals surface area contributed by atoms with Crippen molar-refractivity contribution in [2.24, 2.45) is 0 Å². The SMILES string of the molecule is CCNc1cc2oc3cc(=[N+](CC)CC)c(C)cc-3c(-c3ccccc3C(=O)OCC)c2cc1C.CCO[Si](CCCCC(C)=O)(OCC)OCC.CCO[Si](CCCNC(=O)c1ccccc1-c1c2ccc(=[N+](CC)CC)cc-2oc2cc(N(CC)CC)ccc12)(OCC)OCC.[Cl-].[Cl-]. The molecular formula is C79H113Cl2N5O12Si2. The number of amides is 1. The van der Waals surface area contributed by atoms with Crippen molar-refractivity contribution >= 4 is 68.6 Å². The number of carbonyl (C=O) groups excluding carboxylic acids is 3. The van der Waals surface area contributed by atoms with E-state index in [1.54, 1.807) is 6.92 Å². The van der Waals surface area contributed by atoms with E-state index in [1.165, 1.54) is 5.56 Å². The van der Waals surface area contributed by atoms with Crippen LogP contribution in [0.25, 0.3) is 66.8 Å². The number of ketones is 1. The molecule has 0 atom stereocenters. The topological polar surface area (TPSA) is 175 Å². The van der Waals surface area contributed by atoms with Crippen LogP contribution in [0.1, 0.15) is 161 Å². The highest BCUT2D eigenvalue weighted by Crippen LogP contribution is 2.44. The summed E-state index contributed by atoms with van der Waals surface area (Å²) in [6.45, 7) is 45.0. The van der Waals surface area contributed by atoms with Gasteiger partial charge in [0.2, 0.25) is 10.7 Å². The number of unbranched alkanes of at least 4 members (excludes halogenated alkanes) is 1. The van der Waals surface area contributed by atoms with Gasteiger partial charge in [-0.1, -0.05) is 36.4 Å². The number of hydrogen-bond acceptors (Lipinski definition) is 14. The molecule has 2 N–H and O–H groups in total. The molecule has 21 heteroatoms. The summed E-state index contributed by atoms with van der Waals surface area (Å²) in [4.78, 5) is 39.9. The molecule has 0 fully saturated rings. The smallest absolute Gasteiger partial charge is 0.500 e. The van der Waals surface area contributed by atoms with Crippen LogP contribution in [0.3, 0.4) is 0 Å². The Hall–Kier alpha value is -6.76. The number of nitrogens with zero attached hydrogens (tertiary/aromatic N) is 3. The van der Waals surface area contributed by atoms with Gasteiger partial charge >= 0.3 is 23.6 Å². The lowest BCUT2D eigenvalue weighted by molar-refractivity contribution is -0.117. The number of benzene rings is 6.